The normalized spacial score (nSPS) is 11.2. The summed E-state index contributed by atoms with van der Waals surface area (Å²) in [6.45, 7) is 4.10. The SMILES string of the molecule is CC(C)c1ccc(-n2ncc3c(=O)n(CC(=O)Nc4cccc(Cl)c4)cnc32)cc1. The zero-order valence-corrected chi connectivity index (χ0v) is 17.3. The van der Waals surface area contributed by atoms with E-state index in [0.29, 0.717) is 27.7 Å². The molecule has 8 heteroatoms. The molecule has 152 valence electrons. The number of rotatable bonds is 5. The first-order valence-corrected chi connectivity index (χ1v) is 9.89. The summed E-state index contributed by atoms with van der Waals surface area (Å²) in [5.41, 5.74) is 2.72. The van der Waals surface area contributed by atoms with Crippen LogP contribution in [-0.4, -0.2) is 25.2 Å². The van der Waals surface area contributed by atoms with Gasteiger partial charge in [0.25, 0.3) is 5.56 Å². The lowest BCUT2D eigenvalue weighted by molar-refractivity contribution is -0.116. The van der Waals surface area contributed by atoms with Crippen LogP contribution in [0.5, 0.6) is 0 Å². The van der Waals surface area contributed by atoms with E-state index >= 15 is 0 Å². The van der Waals surface area contributed by atoms with Crippen LogP contribution in [0.1, 0.15) is 25.3 Å². The predicted octanol–water partition coefficient (Wildman–Crippen LogP) is 4.00. The second kappa shape index (κ2) is 8.12. The highest BCUT2D eigenvalue weighted by atomic mass is 35.5. The fourth-order valence-corrected chi connectivity index (χ4v) is 3.36. The fourth-order valence-electron chi connectivity index (χ4n) is 3.17. The number of hydrogen-bond donors (Lipinski definition) is 1. The number of amides is 1. The number of fused-ring (bicyclic) bond motifs is 1. The summed E-state index contributed by atoms with van der Waals surface area (Å²) in [5.74, 6) is 0.0778. The van der Waals surface area contributed by atoms with Crippen LogP contribution in [0, 0.1) is 0 Å². The van der Waals surface area contributed by atoms with Crippen LogP contribution >= 0.6 is 11.6 Å². The monoisotopic (exact) mass is 421 g/mol. The van der Waals surface area contributed by atoms with Crippen LogP contribution in [0.15, 0.2) is 65.8 Å². The molecule has 0 aliphatic carbocycles. The van der Waals surface area contributed by atoms with Gasteiger partial charge in [-0.2, -0.15) is 5.10 Å². The Morgan fingerprint density at radius 2 is 1.93 bits per heavy atom. The lowest BCUT2D eigenvalue weighted by Gasteiger charge is -2.09. The Hall–Kier alpha value is -3.45. The molecule has 0 bridgehead atoms. The van der Waals surface area contributed by atoms with Crippen LogP contribution in [0.4, 0.5) is 5.69 Å². The maximum atomic E-state index is 12.8. The molecule has 2 aromatic heterocycles. The molecule has 0 aliphatic heterocycles. The van der Waals surface area contributed by atoms with E-state index in [0.717, 1.165) is 5.69 Å². The van der Waals surface area contributed by atoms with Crippen molar-refractivity contribution in [1.82, 2.24) is 19.3 Å². The molecular weight excluding hydrogens is 402 g/mol. The number of anilines is 1. The van der Waals surface area contributed by atoms with Crippen molar-refractivity contribution in [3.8, 4) is 5.69 Å². The highest BCUT2D eigenvalue weighted by molar-refractivity contribution is 6.30. The van der Waals surface area contributed by atoms with E-state index in [2.05, 4.69) is 29.2 Å². The minimum Gasteiger partial charge on any atom is -0.324 e. The molecule has 1 N–H and O–H groups in total. The van der Waals surface area contributed by atoms with Crippen molar-refractivity contribution in [3.63, 3.8) is 0 Å². The second-order valence-electron chi connectivity index (χ2n) is 7.28. The van der Waals surface area contributed by atoms with Gasteiger partial charge >= 0.3 is 0 Å². The molecule has 0 saturated heterocycles. The predicted molar refractivity (Wildman–Crippen MR) is 117 cm³/mol. The van der Waals surface area contributed by atoms with Crippen molar-refractivity contribution >= 4 is 34.2 Å². The summed E-state index contributed by atoms with van der Waals surface area (Å²) in [5, 5.41) is 7.91. The van der Waals surface area contributed by atoms with Gasteiger partial charge in [-0.05, 0) is 41.8 Å². The summed E-state index contributed by atoms with van der Waals surface area (Å²) in [6, 6.07) is 14.8. The molecule has 0 unspecified atom stereocenters. The molecule has 7 nitrogen and oxygen atoms in total. The number of carbonyl (C=O) groups is 1. The third-order valence-electron chi connectivity index (χ3n) is 4.78. The maximum absolute atomic E-state index is 12.8. The number of carbonyl (C=O) groups excluding carboxylic acids is 1. The molecule has 2 aromatic carbocycles. The first kappa shape index (κ1) is 19.8. The van der Waals surface area contributed by atoms with Crippen molar-refractivity contribution in [2.75, 3.05) is 5.32 Å². The van der Waals surface area contributed by atoms with Crippen LogP contribution in [0.3, 0.4) is 0 Å². The van der Waals surface area contributed by atoms with Gasteiger partial charge in [0, 0.05) is 10.7 Å². The molecule has 30 heavy (non-hydrogen) atoms. The van der Waals surface area contributed by atoms with Crippen LogP contribution in [0.2, 0.25) is 5.02 Å². The highest BCUT2D eigenvalue weighted by Crippen LogP contribution is 2.19. The number of hydrogen-bond acceptors (Lipinski definition) is 4. The van der Waals surface area contributed by atoms with Gasteiger partial charge in [-0.3, -0.25) is 14.2 Å². The molecule has 0 radical (unpaired) electrons. The van der Waals surface area contributed by atoms with Crippen molar-refractivity contribution in [2.24, 2.45) is 0 Å². The average Bonchev–Trinajstić information content (AvgIpc) is 3.15. The van der Waals surface area contributed by atoms with Gasteiger partial charge in [0.05, 0.1) is 11.9 Å². The quantitative estimate of drug-likeness (QED) is 0.528. The van der Waals surface area contributed by atoms with Crippen molar-refractivity contribution < 1.29 is 4.79 Å². The minimum absolute atomic E-state index is 0.164. The Labute approximate surface area is 177 Å². The Morgan fingerprint density at radius 3 is 2.63 bits per heavy atom. The van der Waals surface area contributed by atoms with Crippen LogP contribution in [0.25, 0.3) is 16.7 Å². The molecule has 2 heterocycles. The average molecular weight is 422 g/mol. The zero-order valence-electron chi connectivity index (χ0n) is 16.5. The summed E-state index contributed by atoms with van der Waals surface area (Å²) in [4.78, 5) is 29.5. The van der Waals surface area contributed by atoms with E-state index in [1.54, 1.807) is 28.9 Å². The fraction of sp³-hybridized carbons (Fsp3) is 0.182. The van der Waals surface area contributed by atoms with E-state index < -0.39 is 0 Å². The molecule has 0 aliphatic rings. The van der Waals surface area contributed by atoms with Gasteiger partial charge in [-0.1, -0.05) is 43.6 Å². The third kappa shape index (κ3) is 3.97. The van der Waals surface area contributed by atoms with Crippen LogP contribution in [-0.2, 0) is 11.3 Å². The lowest BCUT2D eigenvalue weighted by atomic mass is 10.0. The molecule has 1 amide bonds. The van der Waals surface area contributed by atoms with Crippen molar-refractivity contribution in [2.45, 2.75) is 26.3 Å². The Balaban J connectivity index is 1.59. The van der Waals surface area contributed by atoms with Crippen LogP contribution < -0.4 is 10.9 Å². The molecule has 4 rings (SSSR count). The number of nitrogens with one attached hydrogen (secondary N) is 1. The van der Waals surface area contributed by atoms with Gasteiger partial charge < -0.3 is 5.32 Å². The number of aromatic nitrogens is 4. The summed E-state index contributed by atoms with van der Waals surface area (Å²) >= 11 is 5.93. The standard InChI is InChI=1S/C22H20ClN5O2/c1-14(2)15-6-8-18(9-7-15)28-21-19(11-25-28)22(30)27(13-24-21)12-20(29)26-17-5-3-4-16(23)10-17/h3-11,13-14H,12H2,1-2H3,(H,26,29). The summed E-state index contributed by atoms with van der Waals surface area (Å²) < 4.78 is 2.88. The van der Waals surface area contributed by atoms with Gasteiger partial charge in [0.2, 0.25) is 5.91 Å². The summed E-state index contributed by atoms with van der Waals surface area (Å²) in [6.07, 6.45) is 2.84. The molecule has 0 atom stereocenters. The molecule has 4 aromatic rings. The molecule has 0 spiro atoms. The van der Waals surface area contributed by atoms with Crippen molar-refractivity contribution in [1.29, 1.82) is 0 Å². The van der Waals surface area contributed by atoms with Gasteiger partial charge in [-0.15, -0.1) is 0 Å². The largest absolute Gasteiger partial charge is 0.324 e. The first-order valence-electron chi connectivity index (χ1n) is 9.51. The summed E-state index contributed by atoms with van der Waals surface area (Å²) in [7, 11) is 0. The second-order valence-corrected chi connectivity index (χ2v) is 7.71. The Kier molecular flexibility index (Phi) is 5.37. The molecular formula is C22H20ClN5O2. The number of nitrogens with zero attached hydrogens (tertiary/aromatic N) is 4. The molecule has 0 fully saturated rings. The van der Waals surface area contributed by atoms with Crippen molar-refractivity contribution in [3.05, 3.63) is 82.0 Å². The maximum Gasteiger partial charge on any atom is 0.264 e. The Morgan fingerprint density at radius 1 is 1.17 bits per heavy atom. The van der Waals surface area contributed by atoms with E-state index in [1.165, 1.54) is 22.7 Å². The van der Waals surface area contributed by atoms with Gasteiger partial charge in [0.15, 0.2) is 5.65 Å². The molecule has 0 saturated carbocycles. The van der Waals surface area contributed by atoms with E-state index in [4.69, 9.17) is 11.6 Å². The minimum atomic E-state index is -0.350. The first-order chi connectivity index (χ1) is 14.4. The third-order valence-corrected chi connectivity index (χ3v) is 5.02. The highest BCUT2D eigenvalue weighted by Gasteiger charge is 2.13. The van der Waals surface area contributed by atoms with E-state index in [9.17, 15) is 9.59 Å². The topological polar surface area (TPSA) is 81.8 Å². The number of halogens is 1. The number of benzene rings is 2. The zero-order chi connectivity index (χ0) is 21.3. The smallest absolute Gasteiger partial charge is 0.264 e. The van der Waals surface area contributed by atoms with E-state index in [1.807, 2.05) is 24.3 Å². The Bertz CT molecular complexity index is 1270. The van der Waals surface area contributed by atoms with Gasteiger partial charge in [0.1, 0.15) is 18.3 Å². The van der Waals surface area contributed by atoms with Gasteiger partial charge in [-0.25, -0.2) is 9.67 Å². The lowest BCUT2D eigenvalue weighted by Crippen LogP contribution is -2.27. The van der Waals surface area contributed by atoms with E-state index in [-0.39, 0.29) is 18.0 Å².